The van der Waals surface area contributed by atoms with Crippen LogP contribution < -0.4 is 14.4 Å². The van der Waals surface area contributed by atoms with E-state index >= 15 is 0 Å². The molecule has 1 aliphatic rings. The molecule has 1 N–H and O–H groups in total. The molecule has 2 amide bonds. The van der Waals surface area contributed by atoms with E-state index in [1.54, 1.807) is 42.5 Å². The standard InChI is InChI=1S/C32H37Cl2N3O5S/c1-3-42-28-17-15-27(16-18-28)37(43(2,40)41)22-31(38)36(21-24-13-14-25(33)20-29(24)34)30(19-23-9-5-4-6-10-23)32(39)35-26-11-7-8-12-26/h4-6,9-10,13-18,20,26,30H,3,7-8,11-12,19,21-22H2,1-2H3,(H,35,39). The Kier molecular flexibility index (Phi) is 11.3. The minimum atomic E-state index is -3.88. The first kappa shape index (κ1) is 32.6. The lowest BCUT2D eigenvalue weighted by molar-refractivity contribution is -0.140. The first-order valence-electron chi connectivity index (χ1n) is 14.3. The molecule has 230 valence electrons. The predicted octanol–water partition coefficient (Wildman–Crippen LogP) is 5.86. The van der Waals surface area contributed by atoms with Crippen LogP contribution in [0, 0.1) is 0 Å². The number of nitrogens with one attached hydrogen (secondary N) is 1. The summed E-state index contributed by atoms with van der Waals surface area (Å²) in [7, 11) is -3.88. The minimum Gasteiger partial charge on any atom is -0.494 e. The Hall–Kier alpha value is -3.27. The summed E-state index contributed by atoms with van der Waals surface area (Å²) >= 11 is 12.7. The molecule has 3 aromatic rings. The molecular weight excluding hydrogens is 609 g/mol. The van der Waals surface area contributed by atoms with Gasteiger partial charge in [-0.15, -0.1) is 0 Å². The number of carbonyl (C=O) groups excluding carboxylic acids is 2. The van der Waals surface area contributed by atoms with Crippen molar-refractivity contribution in [3.05, 3.63) is 94.0 Å². The maximum Gasteiger partial charge on any atom is 0.244 e. The molecule has 0 bridgehead atoms. The zero-order valence-corrected chi connectivity index (χ0v) is 26.7. The second-order valence-electron chi connectivity index (χ2n) is 10.6. The van der Waals surface area contributed by atoms with Gasteiger partial charge in [0.05, 0.1) is 18.6 Å². The van der Waals surface area contributed by atoms with Crippen molar-refractivity contribution < 1.29 is 22.7 Å². The maximum atomic E-state index is 14.2. The van der Waals surface area contributed by atoms with Gasteiger partial charge in [-0.05, 0) is 67.3 Å². The van der Waals surface area contributed by atoms with E-state index in [9.17, 15) is 18.0 Å². The van der Waals surface area contributed by atoms with E-state index in [1.807, 2.05) is 37.3 Å². The van der Waals surface area contributed by atoms with Crippen molar-refractivity contribution in [3.8, 4) is 5.75 Å². The van der Waals surface area contributed by atoms with Crippen molar-refractivity contribution >= 4 is 50.7 Å². The molecule has 43 heavy (non-hydrogen) atoms. The van der Waals surface area contributed by atoms with Gasteiger partial charge in [-0.2, -0.15) is 0 Å². The number of benzene rings is 3. The molecule has 0 saturated heterocycles. The Morgan fingerprint density at radius 2 is 1.67 bits per heavy atom. The predicted molar refractivity (Wildman–Crippen MR) is 171 cm³/mol. The summed E-state index contributed by atoms with van der Waals surface area (Å²) in [4.78, 5) is 29.6. The monoisotopic (exact) mass is 645 g/mol. The Morgan fingerprint density at radius 1 is 1.00 bits per heavy atom. The van der Waals surface area contributed by atoms with Crippen LogP contribution in [-0.2, 0) is 32.6 Å². The van der Waals surface area contributed by atoms with Crippen LogP contribution in [0.2, 0.25) is 10.0 Å². The van der Waals surface area contributed by atoms with Crippen LogP contribution in [0.3, 0.4) is 0 Å². The van der Waals surface area contributed by atoms with Gasteiger partial charge in [-0.25, -0.2) is 8.42 Å². The lowest BCUT2D eigenvalue weighted by atomic mass is 10.0. The number of carbonyl (C=O) groups is 2. The van der Waals surface area contributed by atoms with E-state index < -0.39 is 28.5 Å². The first-order chi connectivity index (χ1) is 20.5. The van der Waals surface area contributed by atoms with Crippen LogP contribution in [0.4, 0.5) is 5.69 Å². The van der Waals surface area contributed by atoms with Crippen LogP contribution in [0.5, 0.6) is 5.75 Å². The number of hydrogen-bond donors (Lipinski definition) is 1. The van der Waals surface area contributed by atoms with Gasteiger partial charge in [0, 0.05) is 29.1 Å². The molecule has 0 heterocycles. The summed E-state index contributed by atoms with van der Waals surface area (Å²) in [6.07, 6.45) is 5.09. The summed E-state index contributed by atoms with van der Waals surface area (Å²) < 4.78 is 32.5. The van der Waals surface area contributed by atoms with Gasteiger partial charge in [-0.3, -0.25) is 13.9 Å². The lowest BCUT2D eigenvalue weighted by Gasteiger charge is -2.34. The van der Waals surface area contributed by atoms with Crippen LogP contribution >= 0.6 is 23.2 Å². The largest absolute Gasteiger partial charge is 0.494 e. The number of amides is 2. The highest BCUT2D eigenvalue weighted by Gasteiger charge is 2.34. The average Bonchev–Trinajstić information content (AvgIpc) is 3.48. The minimum absolute atomic E-state index is 0.0225. The van der Waals surface area contributed by atoms with Crippen molar-refractivity contribution in [2.24, 2.45) is 0 Å². The second kappa shape index (κ2) is 14.9. The fraction of sp³-hybridized carbons (Fsp3) is 0.375. The van der Waals surface area contributed by atoms with Gasteiger partial charge < -0.3 is 15.0 Å². The fourth-order valence-electron chi connectivity index (χ4n) is 5.24. The number of hydrogen-bond acceptors (Lipinski definition) is 5. The average molecular weight is 647 g/mol. The molecule has 0 spiro atoms. The number of halogens is 2. The van der Waals surface area contributed by atoms with E-state index in [1.165, 1.54) is 4.90 Å². The molecule has 0 aliphatic heterocycles. The number of rotatable bonds is 13. The highest BCUT2D eigenvalue weighted by atomic mass is 35.5. The lowest BCUT2D eigenvalue weighted by Crippen LogP contribution is -2.54. The Morgan fingerprint density at radius 3 is 2.28 bits per heavy atom. The Bertz CT molecular complexity index is 1500. The van der Waals surface area contributed by atoms with Gasteiger partial charge >= 0.3 is 0 Å². The molecule has 1 saturated carbocycles. The molecule has 4 rings (SSSR count). The van der Waals surface area contributed by atoms with E-state index in [4.69, 9.17) is 27.9 Å². The van der Waals surface area contributed by atoms with Crippen molar-refractivity contribution in [2.75, 3.05) is 23.7 Å². The summed E-state index contributed by atoms with van der Waals surface area (Å²) in [6, 6.07) is 20.0. The molecule has 8 nitrogen and oxygen atoms in total. The third kappa shape index (κ3) is 9.11. The van der Waals surface area contributed by atoms with Gasteiger partial charge in [0.15, 0.2) is 0 Å². The number of nitrogens with zero attached hydrogens (tertiary/aromatic N) is 2. The molecule has 1 atom stereocenters. The molecule has 11 heteroatoms. The van der Waals surface area contributed by atoms with Crippen LogP contribution in [-0.4, -0.2) is 56.6 Å². The van der Waals surface area contributed by atoms with Gasteiger partial charge in [0.2, 0.25) is 21.8 Å². The molecule has 3 aromatic carbocycles. The number of sulfonamides is 1. The van der Waals surface area contributed by atoms with Gasteiger partial charge in [0.25, 0.3) is 0 Å². The highest BCUT2D eigenvalue weighted by molar-refractivity contribution is 7.92. The number of ether oxygens (including phenoxy) is 1. The molecule has 1 unspecified atom stereocenters. The maximum absolute atomic E-state index is 14.2. The third-order valence-electron chi connectivity index (χ3n) is 7.44. The van der Waals surface area contributed by atoms with Crippen LogP contribution in [0.1, 0.15) is 43.7 Å². The van der Waals surface area contributed by atoms with Gasteiger partial charge in [-0.1, -0.05) is 72.4 Å². The zero-order valence-electron chi connectivity index (χ0n) is 24.3. The van der Waals surface area contributed by atoms with E-state index in [2.05, 4.69) is 5.32 Å². The first-order valence-corrected chi connectivity index (χ1v) is 16.9. The summed E-state index contributed by atoms with van der Waals surface area (Å²) in [6.45, 7) is 1.78. The third-order valence-corrected chi connectivity index (χ3v) is 9.17. The molecule has 0 radical (unpaired) electrons. The smallest absolute Gasteiger partial charge is 0.244 e. The molecule has 1 fully saturated rings. The SMILES string of the molecule is CCOc1ccc(N(CC(=O)N(Cc2ccc(Cl)cc2Cl)C(Cc2ccccc2)C(=O)NC2CCCC2)S(C)(=O)=O)cc1. The van der Waals surface area contributed by atoms with E-state index in [0.717, 1.165) is 41.8 Å². The van der Waals surface area contributed by atoms with E-state index in [0.29, 0.717) is 33.7 Å². The van der Waals surface area contributed by atoms with Crippen molar-refractivity contribution in [1.82, 2.24) is 10.2 Å². The Labute approximate surface area is 264 Å². The van der Waals surface area contributed by atoms with Crippen LogP contribution in [0.25, 0.3) is 0 Å². The van der Waals surface area contributed by atoms with Gasteiger partial charge in [0.1, 0.15) is 18.3 Å². The normalized spacial score (nSPS) is 14.2. The highest BCUT2D eigenvalue weighted by Crippen LogP contribution is 2.27. The summed E-state index contributed by atoms with van der Waals surface area (Å²) in [5.41, 5.74) is 1.75. The van der Waals surface area contributed by atoms with Crippen LogP contribution in [0.15, 0.2) is 72.8 Å². The van der Waals surface area contributed by atoms with E-state index in [-0.39, 0.29) is 24.9 Å². The summed E-state index contributed by atoms with van der Waals surface area (Å²) in [5.74, 6) is -0.259. The Balaban J connectivity index is 1.72. The fourth-order valence-corrected chi connectivity index (χ4v) is 6.56. The van der Waals surface area contributed by atoms with Crippen molar-refractivity contribution in [1.29, 1.82) is 0 Å². The molecule has 1 aliphatic carbocycles. The molecular formula is C32H37Cl2N3O5S. The zero-order chi connectivity index (χ0) is 31.0. The molecule has 0 aromatic heterocycles. The second-order valence-corrected chi connectivity index (χ2v) is 13.4. The summed E-state index contributed by atoms with van der Waals surface area (Å²) in [5, 5.41) is 3.92. The quantitative estimate of drug-likeness (QED) is 0.251. The van der Waals surface area contributed by atoms with Crippen molar-refractivity contribution in [2.45, 2.75) is 57.7 Å². The number of anilines is 1. The topological polar surface area (TPSA) is 96.0 Å². The van der Waals surface area contributed by atoms with Crippen molar-refractivity contribution in [3.63, 3.8) is 0 Å².